The van der Waals surface area contributed by atoms with E-state index in [0.29, 0.717) is 0 Å². The van der Waals surface area contributed by atoms with Crippen molar-refractivity contribution in [1.82, 2.24) is 0 Å². The number of rotatable bonds is 4. The highest BCUT2D eigenvalue weighted by atomic mass is 16.9. The molecule has 2 bridgehead atoms. The van der Waals surface area contributed by atoms with Crippen molar-refractivity contribution >= 4 is 11.8 Å². The molecule has 3 fully saturated rings. The van der Waals surface area contributed by atoms with E-state index >= 15 is 0 Å². The molecule has 0 aromatic carbocycles. The van der Waals surface area contributed by atoms with Gasteiger partial charge in [0.1, 0.15) is 0 Å². The van der Waals surface area contributed by atoms with E-state index in [2.05, 4.69) is 0 Å². The summed E-state index contributed by atoms with van der Waals surface area (Å²) in [7, 11) is 0. The fourth-order valence-electron chi connectivity index (χ4n) is 1.54. The number of aliphatic hydroxyl groups is 1. The van der Waals surface area contributed by atoms with Crippen molar-refractivity contribution in [1.29, 1.82) is 0 Å². The van der Waals surface area contributed by atoms with E-state index in [-0.39, 0.29) is 6.42 Å². The second-order valence-corrected chi connectivity index (χ2v) is 3.53. The van der Waals surface area contributed by atoms with Gasteiger partial charge in [0.05, 0.1) is 6.42 Å². The van der Waals surface area contributed by atoms with Gasteiger partial charge in [-0.25, -0.2) is 4.79 Å². The lowest BCUT2D eigenvalue weighted by Crippen LogP contribution is -2.49. The third-order valence-electron chi connectivity index (χ3n) is 2.29. The quantitative estimate of drug-likeness (QED) is 0.453. The van der Waals surface area contributed by atoms with Gasteiger partial charge in [-0.1, -0.05) is 0 Å². The highest BCUT2D eigenvalue weighted by molar-refractivity contribution is 5.99. The number of aliphatic carboxylic acids is 1. The molecule has 3 rings (SSSR count). The van der Waals surface area contributed by atoms with Gasteiger partial charge in [-0.3, -0.25) is 4.79 Å². The van der Waals surface area contributed by atoms with Gasteiger partial charge in [0.15, 0.2) is 12.1 Å². The Balaban J connectivity index is 2.06. The van der Waals surface area contributed by atoms with Crippen LogP contribution in [0.3, 0.4) is 0 Å². The lowest BCUT2D eigenvalue weighted by Gasteiger charge is -2.30. The Hall–Kier alpha value is -1.02. The first kappa shape index (κ1) is 10.5. The Morgan fingerprint density at radius 1 is 1.53 bits per heavy atom. The number of hydrogen-bond donors (Lipinski definition) is 2. The van der Waals surface area contributed by atoms with E-state index < -0.39 is 36.2 Å². The van der Waals surface area contributed by atoms with Crippen LogP contribution in [0.25, 0.3) is 0 Å². The van der Waals surface area contributed by atoms with Crippen LogP contribution in [0.1, 0.15) is 13.3 Å². The summed E-state index contributed by atoms with van der Waals surface area (Å²) >= 11 is 0. The van der Waals surface area contributed by atoms with Gasteiger partial charge in [0.2, 0.25) is 18.2 Å². The molecule has 3 heterocycles. The minimum absolute atomic E-state index is 0.00866. The van der Waals surface area contributed by atoms with Gasteiger partial charge in [0.25, 0.3) is 0 Å². The van der Waals surface area contributed by atoms with Crippen LogP contribution in [0.15, 0.2) is 0 Å². The zero-order valence-corrected chi connectivity index (χ0v) is 7.87. The van der Waals surface area contributed by atoms with Crippen LogP contribution in [0.5, 0.6) is 0 Å². The number of carbonyl (C=O) groups excluding carboxylic acids is 1. The minimum atomic E-state index is -1.83. The van der Waals surface area contributed by atoms with Gasteiger partial charge in [-0.15, -0.1) is 0 Å². The average molecular weight is 218 g/mol. The van der Waals surface area contributed by atoms with Crippen molar-refractivity contribution in [2.75, 3.05) is 0 Å². The van der Waals surface area contributed by atoms with Crippen molar-refractivity contribution in [3.8, 4) is 0 Å². The summed E-state index contributed by atoms with van der Waals surface area (Å²) in [6.45, 7) is 1.07. The van der Waals surface area contributed by atoms with Gasteiger partial charge >= 0.3 is 5.97 Å². The summed E-state index contributed by atoms with van der Waals surface area (Å²) < 4.78 is 14.7. The molecule has 2 N–H and O–H groups in total. The Morgan fingerprint density at radius 2 is 2.13 bits per heavy atom. The van der Waals surface area contributed by atoms with Crippen molar-refractivity contribution in [2.24, 2.45) is 0 Å². The second-order valence-electron chi connectivity index (χ2n) is 3.53. The van der Waals surface area contributed by atoms with Crippen molar-refractivity contribution in [2.45, 2.75) is 37.8 Å². The Bertz CT molecular complexity index is 294. The van der Waals surface area contributed by atoms with E-state index in [4.69, 9.17) is 19.3 Å². The summed E-state index contributed by atoms with van der Waals surface area (Å²) in [6, 6.07) is 0. The molecule has 0 aliphatic carbocycles. The fraction of sp³-hybridized carbons (Fsp3) is 0.750. The maximum absolute atomic E-state index is 10.9. The first-order valence-electron chi connectivity index (χ1n) is 4.37. The van der Waals surface area contributed by atoms with Crippen LogP contribution >= 0.6 is 0 Å². The number of Topliss-reactive ketones (excluding diaryl/α,β-unsaturated/α-hetero) is 1. The smallest absolute Gasteiger partial charge is 0.340 e. The number of carboxylic acid groups (broad SMARTS) is 1. The molecule has 0 spiro atoms. The maximum Gasteiger partial charge on any atom is 0.340 e. The third kappa shape index (κ3) is 1.63. The third-order valence-corrected chi connectivity index (χ3v) is 2.29. The first-order valence-corrected chi connectivity index (χ1v) is 4.37. The molecule has 0 aromatic heterocycles. The monoisotopic (exact) mass is 218 g/mol. The molecule has 7 heteroatoms. The summed E-state index contributed by atoms with van der Waals surface area (Å²) in [4.78, 5) is 21.6. The molecule has 84 valence electrons. The Morgan fingerprint density at radius 3 is 2.47 bits per heavy atom. The molecule has 15 heavy (non-hydrogen) atoms. The highest BCUT2D eigenvalue weighted by Gasteiger charge is 2.61. The largest absolute Gasteiger partial charge is 0.479 e. The number of carboxylic acids is 1. The van der Waals surface area contributed by atoms with Crippen LogP contribution in [-0.2, 0) is 23.8 Å². The average Bonchev–Trinajstić information content (AvgIpc) is 2.51. The molecule has 0 aromatic rings. The van der Waals surface area contributed by atoms with Crippen LogP contribution in [0.4, 0.5) is 0 Å². The predicted octanol–water partition coefficient (Wildman–Crippen LogP) is -1.16. The SMILES string of the molecule is CC(=O)C(OC1(O)CC2OC1O2)C(=O)O. The van der Waals surface area contributed by atoms with Crippen molar-refractivity contribution in [3.63, 3.8) is 0 Å². The van der Waals surface area contributed by atoms with Crippen LogP contribution in [-0.4, -0.2) is 46.4 Å². The number of carbonyl (C=O) groups is 2. The topological polar surface area (TPSA) is 102 Å². The van der Waals surface area contributed by atoms with Crippen molar-refractivity contribution in [3.05, 3.63) is 0 Å². The Kier molecular flexibility index (Phi) is 2.27. The number of hydrogen-bond acceptors (Lipinski definition) is 6. The molecule has 3 saturated heterocycles. The minimum Gasteiger partial charge on any atom is -0.479 e. The van der Waals surface area contributed by atoms with Crippen LogP contribution in [0, 0.1) is 0 Å². The zero-order valence-electron chi connectivity index (χ0n) is 7.87. The molecule has 0 radical (unpaired) electrons. The molecule has 3 aliphatic heterocycles. The zero-order chi connectivity index (χ0) is 11.2. The highest BCUT2D eigenvalue weighted by Crippen LogP contribution is 2.43. The summed E-state index contributed by atoms with van der Waals surface area (Å²) in [6.07, 6.45) is -3.25. The molecule has 3 aliphatic rings. The van der Waals surface area contributed by atoms with E-state index in [1.165, 1.54) is 0 Å². The molecule has 7 nitrogen and oxygen atoms in total. The van der Waals surface area contributed by atoms with Gasteiger partial charge in [-0.05, 0) is 6.92 Å². The van der Waals surface area contributed by atoms with Gasteiger partial charge in [0, 0.05) is 0 Å². The summed E-state index contributed by atoms with van der Waals surface area (Å²) in [5.41, 5.74) is 0. The summed E-state index contributed by atoms with van der Waals surface area (Å²) in [5, 5.41) is 18.5. The molecular formula is C8H10O7. The van der Waals surface area contributed by atoms with Gasteiger partial charge < -0.3 is 24.4 Å². The molecule has 2 unspecified atom stereocenters. The second kappa shape index (κ2) is 3.24. The normalized spacial score (nSPS) is 39.6. The number of ketones is 1. The lowest BCUT2D eigenvalue weighted by molar-refractivity contribution is -0.390. The maximum atomic E-state index is 10.9. The van der Waals surface area contributed by atoms with E-state index in [1.54, 1.807) is 0 Å². The number of fused-ring (bicyclic) bond motifs is 1. The molecule has 2 atom stereocenters. The van der Waals surface area contributed by atoms with Crippen LogP contribution in [0.2, 0.25) is 0 Å². The predicted molar refractivity (Wildman–Crippen MR) is 42.5 cm³/mol. The van der Waals surface area contributed by atoms with E-state index in [1.807, 2.05) is 0 Å². The van der Waals surface area contributed by atoms with E-state index in [0.717, 1.165) is 6.92 Å². The standard InChI is InChI=1S/C8H10O7/c1-3(9)5(6(10)11)15-8(12)2-4-13-7(8)14-4/h4-5,7,12H,2H2,1H3,(H,10,11). The lowest BCUT2D eigenvalue weighted by atomic mass is 10.2. The number of ether oxygens (including phenoxy) is 3. The summed E-state index contributed by atoms with van der Waals surface area (Å²) in [5.74, 6) is -3.97. The van der Waals surface area contributed by atoms with E-state index in [9.17, 15) is 14.7 Å². The fourth-order valence-corrected chi connectivity index (χ4v) is 1.54. The molecule has 0 amide bonds. The first-order chi connectivity index (χ1) is 6.92. The van der Waals surface area contributed by atoms with Crippen LogP contribution < -0.4 is 0 Å². The van der Waals surface area contributed by atoms with Crippen molar-refractivity contribution < 1.29 is 34.0 Å². The molecular weight excluding hydrogens is 208 g/mol. The molecule has 0 saturated carbocycles. The van der Waals surface area contributed by atoms with Gasteiger partial charge in [-0.2, -0.15) is 0 Å². The Labute approximate surface area is 84.5 Å².